The van der Waals surface area contributed by atoms with Gasteiger partial charge in [0.15, 0.2) is 5.78 Å². The van der Waals surface area contributed by atoms with Gasteiger partial charge in [-0.3, -0.25) is 19.4 Å². The molecule has 5 rings (SSSR count). The molecule has 0 saturated carbocycles. The summed E-state index contributed by atoms with van der Waals surface area (Å²) in [6.45, 7) is 11.7. The Kier molecular flexibility index (Phi) is 14.1. The average Bonchev–Trinajstić information content (AvgIpc) is 3.23. The van der Waals surface area contributed by atoms with Gasteiger partial charge in [-0.25, -0.2) is 4.39 Å². The number of carbonyl (C=O) groups excluding carboxylic acids is 2. The lowest BCUT2D eigenvalue weighted by Crippen LogP contribution is -2.34. The molecule has 0 spiro atoms. The van der Waals surface area contributed by atoms with Gasteiger partial charge in [0.2, 0.25) is 0 Å². The van der Waals surface area contributed by atoms with Crippen LogP contribution in [0.15, 0.2) is 66.7 Å². The largest absolute Gasteiger partial charge is 0.492 e. The van der Waals surface area contributed by atoms with E-state index in [4.69, 9.17) is 9.47 Å². The standard InChI is InChI=1S/C37H45FN2O4.2ClH/c1-4-43-36(42)37(2,3)32-7-5-6-29(22-32)25-39-18-16-27(17-19-39)10-14-34(41)30-11-15-35-31(23-30)26-40(20-21-44-35)24-28-8-12-33(38)13-9-28;;/h5-9,11-13,15,22-23,27H,4,10,14,16-21,24-26H2,1-3H3;2*1H. The number of likely N-dealkylation sites (tertiary alicyclic amines) is 1. The van der Waals surface area contributed by atoms with Gasteiger partial charge >= 0.3 is 5.97 Å². The second kappa shape index (κ2) is 17.3. The molecule has 1 saturated heterocycles. The summed E-state index contributed by atoms with van der Waals surface area (Å²) in [4.78, 5) is 30.5. The van der Waals surface area contributed by atoms with Crippen LogP contribution < -0.4 is 4.74 Å². The molecule has 0 atom stereocenters. The Morgan fingerprint density at radius 1 is 0.913 bits per heavy atom. The van der Waals surface area contributed by atoms with Crippen LogP contribution in [0.1, 0.15) is 79.1 Å². The highest BCUT2D eigenvalue weighted by Gasteiger charge is 2.31. The van der Waals surface area contributed by atoms with Gasteiger partial charge in [-0.1, -0.05) is 36.4 Å². The number of hydrogen-bond acceptors (Lipinski definition) is 6. The van der Waals surface area contributed by atoms with Crippen LogP contribution in [0.5, 0.6) is 5.75 Å². The molecule has 250 valence electrons. The molecule has 3 aromatic rings. The molecule has 2 aliphatic rings. The van der Waals surface area contributed by atoms with Gasteiger partial charge in [-0.05, 0) is 106 Å². The summed E-state index contributed by atoms with van der Waals surface area (Å²) in [5.41, 5.74) is 4.33. The maximum atomic E-state index is 13.3. The molecule has 0 aromatic heterocycles. The Hall–Kier alpha value is -2.97. The molecule has 0 bridgehead atoms. The Morgan fingerprint density at radius 2 is 1.63 bits per heavy atom. The molecule has 46 heavy (non-hydrogen) atoms. The van der Waals surface area contributed by atoms with Crippen LogP contribution in [0.3, 0.4) is 0 Å². The first-order chi connectivity index (χ1) is 21.2. The molecule has 3 aromatic carbocycles. The summed E-state index contributed by atoms with van der Waals surface area (Å²) in [5, 5.41) is 0. The monoisotopic (exact) mass is 672 g/mol. The number of carbonyl (C=O) groups is 2. The zero-order valence-corrected chi connectivity index (χ0v) is 28.8. The van der Waals surface area contributed by atoms with Crippen molar-refractivity contribution in [2.45, 2.75) is 71.5 Å². The first kappa shape index (κ1) is 37.5. The Morgan fingerprint density at radius 3 is 2.35 bits per heavy atom. The molecule has 6 nitrogen and oxygen atoms in total. The fraction of sp³-hybridized carbons (Fsp3) is 0.459. The number of piperidine rings is 1. The van der Waals surface area contributed by atoms with E-state index in [9.17, 15) is 14.0 Å². The van der Waals surface area contributed by atoms with Crippen LogP contribution in [-0.2, 0) is 34.6 Å². The van der Waals surface area contributed by atoms with Gasteiger partial charge in [0.1, 0.15) is 18.2 Å². The van der Waals surface area contributed by atoms with E-state index in [1.807, 2.05) is 63.2 Å². The number of fused-ring (bicyclic) bond motifs is 1. The predicted molar refractivity (Wildman–Crippen MR) is 185 cm³/mol. The predicted octanol–water partition coefficient (Wildman–Crippen LogP) is 7.78. The van der Waals surface area contributed by atoms with E-state index in [0.29, 0.717) is 38.6 Å². The smallest absolute Gasteiger partial charge is 0.315 e. The normalized spacial score (nSPS) is 15.8. The number of rotatable bonds is 11. The van der Waals surface area contributed by atoms with Crippen molar-refractivity contribution in [3.63, 3.8) is 0 Å². The number of nitrogens with zero attached hydrogens (tertiary/aromatic N) is 2. The SMILES string of the molecule is CCOC(=O)C(C)(C)c1cccc(CN2CCC(CCC(=O)c3ccc4c(c3)CN(Cc3ccc(F)cc3)CCO4)CC2)c1.Cl.Cl. The minimum atomic E-state index is -0.681. The first-order valence-corrected chi connectivity index (χ1v) is 16.0. The van der Waals surface area contributed by atoms with Crippen LogP contribution in [0.4, 0.5) is 4.39 Å². The van der Waals surface area contributed by atoms with E-state index in [1.165, 1.54) is 17.7 Å². The van der Waals surface area contributed by atoms with Crippen LogP contribution in [0.25, 0.3) is 0 Å². The fourth-order valence-corrected chi connectivity index (χ4v) is 6.26. The number of hydrogen-bond donors (Lipinski definition) is 0. The fourth-order valence-electron chi connectivity index (χ4n) is 6.26. The Labute approximate surface area is 285 Å². The number of benzene rings is 3. The van der Waals surface area contributed by atoms with E-state index < -0.39 is 5.41 Å². The van der Waals surface area contributed by atoms with Crippen molar-refractivity contribution in [3.05, 3.63) is 100 Å². The number of halogens is 3. The van der Waals surface area contributed by atoms with Gasteiger partial charge in [0, 0.05) is 43.7 Å². The van der Waals surface area contributed by atoms with Crippen LogP contribution in [0, 0.1) is 11.7 Å². The highest BCUT2D eigenvalue weighted by atomic mass is 35.5. The number of ether oxygens (including phenoxy) is 2. The lowest BCUT2D eigenvalue weighted by atomic mass is 9.84. The van der Waals surface area contributed by atoms with Crippen molar-refractivity contribution in [1.82, 2.24) is 9.80 Å². The molecule has 2 heterocycles. The summed E-state index contributed by atoms with van der Waals surface area (Å²) >= 11 is 0. The van der Waals surface area contributed by atoms with Gasteiger partial charge in [0.05, 0.1) is 12.0 Å². The summed E-state index contributed by atoms with van der Waals surface area (Å²) < 4.78 is 24.6. The molecular weight excluding hydrogens is 626 g/mol. The first-order valence-electron chi connectivity index (χ1n) is 16.0. The van der Waals surface area contributed by atoms with Crippen molar-refractivity contribution in [3.8, 4) is 5.75 Å². The second-order valence-corrected chi connectivity index (χ2v) is 12.7. The van der Waals surface area contributed by atoms with Gasteiger partial charge in [-0.15, -0.1) is 24.8 Å². The molecule has 0 amide bonds. The molecular formula is C37H47Cl2FN2O4. The minimum Gasteiger partial charge on any atom is -0.492 e. The van der Waals surface area contributed by atoms with E-state index in [2.05, 4.69) is 21.9 Å². The van der Waals surface area contributed by atoms with Gasteiger partial charge < -0.3 is 9.47 Å². The maximum absolute atomic E-state index is 13.3. The third-order valence-electron chi connectivity index (χ3n) is 9.09. The van der Waals surface area contributed by atoms with Gasteiger partial charge in [-0.2, -0.15) is 0 Å². The lowest BCUT2D eigenvalue weighted by Gasteiger charge is -2.32. The summed E-state index contributed by atoms with van der Waals surface area (Å²) in [6.07, 6.45) is 3.62. The molecule has 0 N–H and O–H groups in total. The van der Waals surface area contributed by atoms with Crippen molar-refractivity contribution in [2.24, 2.45) is 5.92 Å². The molecule has 0 radical (unpaired) electrons. The highest BCUT2D eigenvalue weighted by molar-refractivity contribution is 5.96. The summed E-state index contributed by atoms with van der Waals surface area (Å²) in [6, 6.07) is 20.8. The van der Waals surface area contributed by atoms with E-state index >= 15 is 0 Å². The third-order valence-corrected chi connectivity index (χ3v) is 9.09. The molecule has 9 heteroatoms. The van der Waals surface area contributed by atoms with Gasteiger partial charge in [0.25, 0.3) is 0 Å². The Balaban J connectivity index is 0.00000288. The van der Waals surface area contributed by atoms with E-state index in [-0.39, 0.29) is 42.4 Å². The zero-order valence-electron chi connectivity index (χ0n) is 27.1. The number of esters is 1. The summed E-state index contributed by atoms with van der Waals surface area (Å²) in [7, 11) is 0. The van der Waals surface area contributed by atoms with Crippen LogP contribution >= 0.6 is 24.8 Å². The number of Topliss-reactive ketones (excluding diaryl/α,β-unsaturated/α-hetero) is 1. The molecule has 2 aliphatic heterocycles. The average molecular weight is 674 g/mol. The van der Waals surface area contributed by atoms with E-state index in [0.717, 1.165) is 73.4 Å². The molecule has 0 unspecified atom stereocenters. The van der Waals surface area contributed by atoms with Crippen molar-refractivity contribution in [2.75, 3.05) is 32.8 Å². The second-order valence-electron chi connectivity index (χ2n) is 12.7. The quantitative estimate of drug-likeness (QED) is 0.153. The highest BCUT2D eigenvalue weighted by Crippen LogP contribution is 2.29. The number of ketones is 1. The summed E-state index contributed by atoms with van der Waals surface area (Å²) in [5.74, 6) is 1.14. The van der Waals surface area contributed by atoms with Crippen LogP contribution in [-0.4, -0.2) is 54.4 Å². The third kappa shape index (κ3) is 9.77. The minimum absolute atomic E-state index is 0. The van der Waals surface area contributed by atoms with Crippen molar-refractivity contribution in [1.29, 1.82) is 0 Å². The molecule has 0 aliphatic carbocycles. The zero-order chi connectivity index (χ0) is 31.1. The van der Waals surface area contributed by atoms with Crippen molar-refractivity contribution < 1.29 is 23.5 Å². The molecule has 1 fully saturated rings. The topological polar surface area (TPSA) is 59.1 Å². The lowest BCUT2D eigenvalue weighted by molar-refractivity contribution is -0.148. The van der Waals surface area contributed by atoms with Crippen LogP contribution in [0.2, 0.25) is 0 Å². The Bertz CT molecular complexity index is 1440. The van der Waals surface area contributed by atoms with E-state index in [1.54, 1.807) is 0 Å². The maximum Gasteiger partial charge on any atom is 0.315 e. The van der Waals surface area contributed by atoms with Crippen molar-refractivity contribution >= 4 is 36.6 Å².